The molecule has 4 nitrogen and oxygen atoms in total. The summed E-state index contributed by atoms with van der Waals surface area (Å²) in [4.78, 5) is 27.6. The maximum Gasteiger partial charge on any atom is 0.339 e. The first kappa shape index (κ1) is 13.0. The molecule has 0 fully saturated rings. The van der Waals surface area contributed by atoms with Crippen LogP contribution in [0.1, 0.15) is 12.5 Å². The Morgan fingerprint density at radius 2 is 1.95 bits per heavy atom. The molecule has 0 N–H and O–H groups in total. The first-order chi connectivity index (χ1) is 9.15. The molecule has 4 heteroatoms. The van der Waals surface area contributed by atoms with Crippen molar-refractivity contribution in [2.75, 3.05) is 0 Å². The number of ketones is 1. The molecule has 0 atom stereocenters. The fourth-order valence-corrected chi connectivity index (χ4v) is 1.59. The van der Waals surface area contributed by atoms with Gasteiger partial charge in [0.2, 0.25) is 0 Å². The molecule has 1 aliphatic rings. The molecule has 0 unspecified atom stereocenters. The van der Waals surface area contributed by atoms with Gasteiger partial charge in [0.1, 0.15) is 5.71 Å². The number of benzene rings is 1. The predicted molar refractivity (Wildman–Crippen MR) is 71.6 cm³/mol. The molecule has 0 saturated heterocycles. The summed E-state index contributed by atoms with van der Waals surface area (Å²) >= 11 is 0. The summed E-state index contributed by atoms with van der Waals surface area (Å²) in [5.41, 5.74) is 1.90. The van der Waals surface area contributed by atoms with E-state index in [-0.39, 0.29) is 12.2 Å². The van der Waals surface area contributed by atoms with Crippen LogP contribution in [-0.4, -0.2) is 17.5 Å². The maximum atomic E-state index is 11.6. The van der Waals surface area contributed by atoms with Crippen molar-refractivity contribution in [2.45, 2.75) is 13.3 Å². The summed E-state index contributed by atoms with van der Waals surface area (Å²) in [6.45, 7) is 1.69. The molecule has 0 amide bonds. The average Bonchev–Trinajstić information content (AvgIpc) is 2.41. The normalized spacial score (nSPS) is 16.4. The van der Waals surface area contributed by atoms with Gasteiger partial charge in [0.15, 0.2) is 5.78 Å². The minimum atomic E-state index is -0.435. The number of rotatable bonds is 3. The van der Waals surface area contributed by atoms with Crippen LogP contribution in [0.3, 0.4) is 0 Å². The summed E-state index contributed by atoms with van der Waals surface area (Å²) < 4.78 is 0. The van der Waals surface area contributed by atoms with Crippen LogP contribution < -0.4 is 0 Å². The van der Waals surface area contributed by atoms with Gasteiger partial charge >= 0.3 is 5.97 Å². The van der Waals surface area contributed by atoms with Crippen LogP contribution in [0.2, 0.25) is 0 Å². The average molecular weight is 255 g/mol. The van der Waals surface area contributed by atoms with Gasteiger partial charge in [-0.3, -0.25) is 4.79 Å². The van der Waals surface area contributed by atoms with Gasteiger partial charge in [-0.15, -0.1) is 0 Å². The second-order valence-electron chi connectivity index (χ2n) is 4.17. The SMILES string of the molecule is CC1=C/C(=N/OC(=O)Cc2ccccc2)C=CC1=O. The van der Waals surface area contributed by atoms with Crippen LogP contribution >= 0.6 is 0 Å². The van der Waals surface area contributed by atoms with Crippen molar-refractivity contribution in [1.82, 2.24) is 0 Å². The molecule has 0 radical (unpaired) electrons. The molecule has 0 spiro atoms. The Balaban J connectivity index is 1.94. The summed E-state index contributed by atoms with van der Waals surface area (Å²) in [5.74, 6) is -0.496. The zero-order valence-corrected chi connectivity index (χ0v) is 10.5. The van der Waals surface area contributed by atoms with Crippen molar-refractivity contribution in [1.29, 1.82) is 0 Å². The quantitative estimate of drug-likeness (QED) is 0.472. The fraction of sp³-hybridized carbons (Fsp3) is 0.133. The number of carbonyl (C=O) groups is 2. The third kappa shape index (κ3) is 3.74. The fourth-order valence-electron chi connectivity index (χ4n) is 1.59. The highest BCUT2D eigenvalue weighted by molar-refractivity contribution is 6.18. The van der Waals surface area contributed by atoms with Crippen LogP contribution in [0, 0.1) is 0 Å². The summed E-state index contributed by atoms with van der Waals surface area (Å²) in [6, 6.07) is 9.29. The highest BCUT2D eigenvalue weighted by Crippen LogP contribution is 2.06. The van der Waals surface area contributed by atoms with Gasteiger partial charge in [-0.2, -0.15) is 0 Å². The van der Waals surface area contributed by atoms with E-state index in [2.05, 4.69) is 5.16 Å². The third-order valence-electron chi connectivity index (χ3n) is 2.60. The lowest BCUT2D eigenvalue weighted by Gasteiger charge is -2.03. The molecule has 19 heavy (non-hydrogen) atoms. The van der Waals surface area contributed by atoms with Crippen molar-refractivity contribution in [2.24, 2.45) is 5.16 Å². The largest absolute Gasteiger partial charge is 0.339 e. The molecule has 0 aromatic heterocycles. The standard InChI is InChI=1S/C15H13NO3/c1-11-9-13(7-8-14(11)17)16-19-15(18)10-12-5-3-2-4-6-12/h2-9H,10H2,1H3/b16-13+. The van der Waals surface area contributed by atoms with Crippen molar-refractivity contribution >= 4 is 17.5 Å². The molecule has 0 heterocycles. The first-order valence-electron chi connectivity index (χ1n) is 5.87. The Bertz CT molecular complexity index is 583. The van der Waals surface area contributed by atoms with E-state index in [9.17, 15) is 9.59 Å². The van der Waals surface area contributed by atoms with Gasteiger partial charge in [0.05, 0.1) is 6.42 Å². The Morgan fingerprint density at radius 3 is 2.63 bits per heavy atom. The Morgan fingerprint density at radius 1 is 1.21 bits per heavy atom. The van der Waals surface area contributed by atoms with E-state index in [1.807, 2.05) is 30.3 Å². The Labute approximate surface area is 111 Å². The van der Waals surface area contributed by atoms with E-state index in [0.29, 0.717) is 11.3 Å². The lowest BCUT2D eigenvalue weighted by Crippen LogP contribution is -2.08. The number of oxime groups is 1. The van der Waals surface area contributed by atoms with E-state index in [1.165, 1.54) is 12.2 Å². The minimum Gasteiger partial charge on any atom is -0.317 e. The molecule has 1 aliphatic carbocycles. The maximum absolute atomic E-state index is 11.6. The highest BCUT2D eigenvalue weighted by Gasteiger charge is 2.09. The van der Waals surface area contributed by atoms with Gasteiger partial charge in [0.25, 0.3) is 0 Å². The Kier molecular flexibility index (Phi) is 4.03. The van der Waals surface area contributed by atoms with Crippen molar-refractivity contribution in [3.63, 3.8) is 0 Å². The van der Waals surface area contributed by atoms with Crippen LogP contribution in [-0.2, 0) is 20.8 Å². The van der Waals surface area contributed by atoms with E-state index in [0.717, 1.165) is 5.56 Å². The minimum absolute atomic E-state index is 0.0606. The summed E-state index contributed by atoms with van der Waals surface area (Å²) in [5, 5.41) is 3.72. The number of carbonyl (C=O) groups excluding carboxylic acids is 2. The second kappa shape index (κ2) is 5.91. The molecule has 1 aromatic rings. The number of allylic oxidation sites excluding steroid dienone is 4. The zero-order chi connectivity index (χ0) is 13.7. The molecule has 96 valence electrons. The van der Waals surface area contributed by atoms with Crippen molar-refractivity contribution in [3.8, 4) is 0 Å². The Hall–Kier alpha value is -2.49. The van der Waals surface area contributed by atoms with E-state index < -0.39 is 5.97 Å². The smallest absolute Gasteiger partial charge is 0.317 e. The number of nitrogens with zero attached hydrogens (tertiary/aromatic N) is 1. The monoisotopic (exact) mass is 255 g/mol. The number of hydrogen-bond acceptors (Lipinski definition) is 4. The number of hydrogen-bond donors (Lipinski definition) is 0. The van der Waals surface area contributed by atoms with E-state index >= 15 is 0 Å². The molecule has 0 saturated carbocycles. The van der Waals surface area contributed by atoms with Crippen LogP contribution in [0.15, 0.2) is 59.3 Å². The molecular weight excluding hydrogens is 242 g/mol. The summed E-state index contributed by atoms with van der Waals surface area (Å²) in [7, 11) is 0. The topological polar surface area (TPSA) is 55.7 Å². The van der Waals surface area contributed by atoms with Gasteiger partial charge in [0, 0.05) is 0 Å². The predicted octanol–water partition coefficient (Wildman–Crippen LogP) is 2.21. The third-order valence-corrected chi connectivity index (χ3v) is 2.60. The second-order valence-corrected chi connectivity index (χ2v) is 4.17. The van der Waals surface area contributed by atoms with Crippen LogP contribution in [0.5, 0.6) is 0 Å². The van der Waals surface area contributed by atoms with Gasteiger partial charge in [-0.1, -0.05) is 35.5 Å². The van der Waals surface area contributed by atoms with Crippen LogP contribution in [0.25, 0.3) is 0 Å². The molecule has 2 rings (SSSR count). The van der Waals surface area contributed by atoms with Crippen molar-refractivity contribution in [3.05, 3.63) is 59.7 Å². The molecule has 0 bridgehead atoms. The zero-order valence-electron chi connectivity index (χ0n) is 10.5. The van der Waals surface area contributed by atoms with Gasteiger partial charge in [-0.25, -0.2) is 4.79 Å². The highest BCUT2D eigenvalue weighted by atomic mass is 16.7. The van der Waals surface area contributed by atoms with Crippen molar-refractivity contribution < 1.29 is 14.4 Å². The van der Waals surface area contributed by atoms with Crippen LogP contribution in [0.4, 0.5) is 0 Å². The van der Waals surface area contributed by atoms with Gasteiger partial charge < -0.3 is 4.84 Å². The lowest BCUT2D eigenvalue weighted by atomic mass is 10.1. The van der Waals surface area contributed by atoms with E-state index in [4.69, 9.17) is 4.84 Å². The summed E-state index contributed by atoms with van der Waals surface area (Å²) in [6.07, 6.45) is 4.67. The molecular formula is C15H13NO3. The van der Waals surface area contributed by atoms with Gasteiger partial charge in [-0.05, 0) is 36.3 Å². The molecule has 0 aliphatic heterocycles. The lowest BCUT2D eigenvalue weighted by molar-refractivity contribution is -0.142. The molecule has 1 aromatic carbocycles. The van der Waals surface area contributed by atoms with E-state index in [1.54, 1.807) is 13.0 Å². The first-order valence-corrected chi connectivity index (χ1v) is 5.87.